The molecule has 5 heteroatoms. The molecule has 0 aromatic carbocycles. The fourth-order valence-electron chi connectivity index (χ4n) is 4.09. The Morgan fingerprint density at radius 3 is 2.65 bits per heavy atom. The van der Waals surface area contributed by atoms with E-state index in [0.29, 0.717) is 6.42 Å². The van der Waals surface area contributed by atoms with Gasteiger partial charge in [-0.3, -0.25) is 19.7 Å². The molecule has 2 aromatic heterocycles. The Balaban J connectivity index is 1.46. The van der Waals surface area contributed by atoms with Crippen molar-refractivity contribution in [1.29, 1.82) is 0 Å². The summed E-state index contributed by atoms with van der Waals surface area (Å²) in [7, 11) is 0. The van der Waals surface area contributed by atoms with Gasteiger partial charge in [0.05, 0.1) is 23.9 Å². The molecule has 1 amide bonds. The van der Waals surface area contributed by atoms with Gasteiger partial charge >= 0.3 is 0 Å². The minimum atomic E-state index is 0.114. The number of amides is 1. The first-order valence-electron chi connectivity index (χ1n) is 9.66. The van der Waals surface area contributed by atoms with Crippen molar-refractivity contribution < 1.29 is 4.79 Å². The summed E-state index contributed by atoms with van der Waals surface area (Å²) in [4.78, 5) is 26.3. The molecule has 2 aliphatic rings. The van der Waals surface area contributed by atoms with Gasteiger partial charge in [-0.1, -0.05) is 6.07 Å². The monoisotopic (exact) mass is 350 g/mol. The summed E-state index contributed by atoms with van der Waals surface area (Å²) in [5.41, 5.74) is 3.19. The number of hydrogen-bond donors (Lipinski definition) is 0. The van der Waals surface area contributed by atoms with Gasteiger partial charge in [-0.25, -0.2) is 0 Å². The van der Waals surface area contributed by atoms with E-state index < -0.39 is 0 Å². The summed E-state index contributed by atoms with van der Waals surface area (Å²) in [6.45, 7) is 4.09. The van der Waals surface area contributed by atoms with Gasteiger partial charge in [0.2, 0.25) is 5.91 Å². The number of aromatic nitrogens is 2. The van der Waals surface area contributed by atoms with Crippen molar-refractivity contribution in [1.82, 2.24) is 19.8 Å². The molecular formula is C21H26N4O. The molecule has 5 nitrogen and oxygen atoms in total. The Morgan fingerprint density at radius 1 is 1.04 bits per heavy atom. The third-order valence-corrected chi connectivity index (χ3v) is 5.43. The molecule has 0 saturated carbocycles. The Kier molecular flexibility index (Phi) is 5.25. The molecule has 1 unspecified atom stereocenters. The van der Waals surface area contributed by atoms with Gasteiger partial charge in [-0.2, -0.15) is 0 Å². The van der Waals surface area contributed by atoms with Crippen LogP contribution in [-0.2, 0) is 17.8 Å². The van der Waals surface area contributed by atoms with Crippen LogP contribution in [0.25, 0.3) is 0 Å². The minimum Gasteiger partial charge on any atom is -0.334 e. The van der Waals surface area contributed by atoms with Crippen molar-refractivity contribution in [3.05, 3.63) is 59.7 Å². The van der Waals surface area contributed by atoms with Crippen LogP contribution in [0.1, 0.15) is 48.7 Å². The van der Waals surface area contributed by atoms with E-state index in [4.69, 9.17) is 4.98 Å². The maximum atomic E-state index is 12.8. The smallest absolute Gasteiger partial charge is 0.227 e. The Bertz CT molecular complexity index is 743. The standard InChI is InChI=1S/C21H26N4O/c26-21(15-17-8-10-22-11-9-17)25-14-4-7-20(25)19-6-3-5-18(23-19)16-24-12-1-2-13-24/h3,5-6,8-11,20H,1-2,4,7,12-16H2. The molecule has 0 spiro atoms. The lowest BCUT2D eigenvalue weighted by Crippen LogP contribution is -2.32. The third-order valence-electron chi connectivity index (χ3n) is 5.43. The SMILES string of the molecule is O=C(Cc1ccncc1)N1CCCC1c1cccc(CN2CCCC2)n1. The van der Waals surface area contributed by atoms with Gasteiger partial charge in [0.1, 0.15) is 0 Å². The average Bonchev–Trinajstić information content (AvgIpc) is 3.34. The summed E-state index contributed by atoms with van der Waals surface area (Å²) < 4.78 is 0. The van der Waals surface area contributed by atoms with E-state index in [9.17, 15) is 4.79 Å². The van der Waals surface area contributed by atoms with Gasteiger partial charge in [0.15, 0.2) is 0 Å². The number of hydrogen-bond acceptors (Lipinski definition) is 4. The molecule has 1 atom stereocenters. The first-order chi connectivity index (χ1) is 12.8. The summed E-state index contributed by atoms with van der Waals surface area (Å²) in [5.74, 6) is 0.186. The molecule has 0 N–H and O–H groups in total. The summed E-state index contributed by atoms with van der Waals surface area (Å²) in [6, 6.07) is 10.2. The molecule has 26 heavy (non-hydrogen) atoms. The van der Waals surface area contributed by atoms with Gasteiger partial charge in [-0.15, -0.1) is 0 Å². The highest BCUT2D eigenvalue weighted by molar-refractivity contribution is 5.79. The second-order valence-electron chi connectivity index (χ2n) is 7.31. The lowest BCUT2D eigenvalue weighted by atomic mass is 10.1. The number of carbonyl (C=O) groups is 1. The van der Waals surface area contributed by atoms with E-state index in [-0.39, 0.29) is 11.9 Å². The lowest BCUT2D eigenvalue weighted by Gasteiger charge is -2.25. The third kappa shape index (κ3) is 3.93. The van der Waals surface area contributed by atoms with Gasteiger partial charge in [-0.05, 0) is 68.6 Å². The molecule has 2 aromatic rings. The second kappa shape index (κ2) is 7.96. The van der Waals surface area contributed by atoms with E-state index in [1.807, 2.05) is 17.0 Å². The first kappa shape index (κ1) is 17.2. The molecule has 2 aliphatic heterocycles. The van der Waals surface area contributed by atoms with Crippen LogP contribution in [0.15, 0.2) is 42.7 Å². The zero-order valence-electron chi connectivity index (χ0n) is 15.2. The molecule has 136 valence electrons. The molecule has 2 saturated heterocycles. The summed E-state index contributed by atoms with van der Waals surface area (Å²) in [5, 5.41) is 0. The topological polar surface area (TPSA) is 49.3 Å². The highest BCUT2D eigenvalue weighted by atomic mass is 16.2. The second-order valence-corrected chi connectivity index (χ2v) is 7.31. The van der Waals surface area contributed by atoms with Crippen molar-refractivity contribution in [2.75, 3.05) is 19.6 Å². The maximum Gasteiger partial charge on any atom is 0.227 e. The van der Waals surface area contributed by atoms with Crippen LogP contribution in [0.5, 0.6) is 0 Å². The molecule has 0 radical (unpaired) electrons. The van der Waals surface area contributed by atoms with Crippen molar-refractivity contribution >= 4 is 5.91 Å². The van der Waals surface area contributed by atoms with Gasteiger partial charge < -0.3 is 4.90 Å². The largest absolute Gasteiger partial charge is 0.334 e. The van der Waals surface area contributed by atoms with Crippen LogP contribution in [0.4, 0.5) is 0 Å². The molecule has 2 fully saturated rings. The number of rotatable bonds is 5. The number of pyridine rings is 2. The predicted molar refractivity (Wildman–Crippen MR) is 100 cm³/mol. The zero-order valence-corrected chi connectivity index (χ0v) is 15.2. The molecular weight excluding hydrogens is 324 g/mol. The van der Waals surface area contributed by atoms with Crippen molar-refractivity contribution in [3.8, 4) is 0 Å². The summed E-state index contributed by atoms with van der Waals surface area (Å²) in [6.07, 6.45) is 8.56. The van der Waals surface area contributed by atoms with Gasteiger partial charge in [0, 0.05) is 25.5 Å². The predicted octanol–water partition coefficient (Wildman–Crippen LogP) is 2.98. The quantitative estimate of drug-likeness (QED) is 0.832. The van der Waals surface area contributed by atoms with Crippen LogP contribution >= 0.6 is 0 Å². The highest BCUT2D eigenvalue weighted by Gasteiger charge is 2.31. The molecule has 0 aliphatic carbocycles. The number of carbonyl (C=O) groups excluding carboxylic acids is 1. The minimum absolute atomic E-state index is 0.114. The van der Waals surface area contributed by atoms with E-state index in [2.05, 4.69) is 28.1 Å². The maximum absolute atomic E-state index is 12.8. The van der Waals surface area contributed by atoms with E-state index in [0.717, 1.165) is 42.9 Å². The van der Waals surface area contributed by atoms with Crippen LogP contribution in [-0.4, -0.2) is 45.3 Å². The average molecular weight is 350 g/mol. The van der Waals surface area contributed by atoms with E-state index >= 15 is 0 Å². The molecule has 4 rings (SSSR count). The van der Waals surface area contributed by atoms with Crippen molar-refractivity contribution in [2.24, 2.45) is 0 Å². The lowest BCUT2D eigenvalue weighted by molar-refractivity contribution is -0.131. The van der Waals surface area contributed by atoms with Crippen LogP contribution in [0.2, 0.25) is 0 Å². The van der Waals surface area contributed by atoms with Crippen LogP contribution < -0.4 is 0 Å². The van der Waals surface area contributed by atoms with Crippen LogP contribution in [0.3, 0.4) is 0 Å². The zero-order chi connectivity index (χ0) is 17.8. The Morgan fingerprint density at radius 2 is 1.85 bits per heavy atom. The van der Waals surface area contributed by atoms with Crippen molar-refractivity contribution in [2.45, 2.75) is 44.7 Å². The first-order valence-corrected chi connectivity index (χ1v) is 9.66. The fourth-order valence-corrected chi connectivity index (χ4v) is 4.09. The molecule has 4 heterocycles. The normalized spacial score (nSPS) is 20.6. The van der Waals surface area contributed by atoms with E-state index in [1.54, 1.807) is 12.4 Å². The van der Waals surface area contributed by atoms with Crippen molar-refractivity contribution in [3.63, 3.8) is 0 Å². The number of likely N-dealkylation sites (tertiary alicyclic amines) is 2. The fraction of sp³-hybridized carbons (Fsp3) is 0.476. The van der Waals surface area contributed by atoms with Gasteiger partial charge in [0.25, 0.3) is 0 Å². The molecule has 0 bridgehead atoms. The van der Waals surface area contributed by atoms with Crippen LogP contribution in [0, 0.1) is 0 Å². The highest BCUT2D eigenvalue weighted by Crippen LogP contribution is 2.31. The Labute approximate surface area is 155 Å². The Hall–Kier alpha value is -2.27. The number of nitrogens with zero attached hydrogens (tertiary/aromatic N) is 4. The van der Waals surface area contributed by atoms with E-state index in [1.165, 1.54) is 25.9 Å². The summed E-state index contributed by atoms with van der Waals surface area (Å²) >= 11 is 0.